The summed E-state index contributed by atoms with van der Waals surface area (Å²) in [5, 5.41) is 0. The maximum absolute atomic E-state index is 12.7. The number of hydrogen-bond donors (Lipinski definition) is 0. The highest BCUT2D eigenvalue weighted by atomic mass is 19.4. The van der Waals surface area contributed by atoms with E-state index in [1.807, 2.05) is 6.07 Å². The van der Waals surface area contributed by atoms with Gasteiger partial charge in [-0.3, -0.25) is 4.79 Å². The van der Waals surface area contributed by atoms with E-state index in [1.165, 1.54) is 59.3 Å². The predicted octanol–water partition coefficient (Wildman–Crippen LogP) is 7.40. The molecule has 0 atom stereocenters. The third-order valence-corrected chi connectivity index (χ3v) is 7.12. The van der Waals surface area contributed by atoms with E-state index in [0.29, 0.717) is 0 Å². The van der Waals surface area contributed by atoms with Crippen molar-refractivity contribution in [2.24, 2.45) is 0 Å². The molecule has 1 saturated heterocycles. The van der Waals surface area contributed by atoms with E-state index in [4.69, 9.17) is 0 Å². The van der Waals surface area contributed by atoms with Gasteiger partial charge in [0.05, 0.1) is 0 Å². The zero-order valence-corrected chi connectivity index (χ0v) is 18.8. The molecule has 33 heavy (non-hydrogen) atoms. The van der Waals surface area contributed by atoms with E-state index in [1.54, 1.807) is 12.1 Å². The molecule has 3 aromatic rings. The van der Waals surface area contributed by atoms with Crippen LogP contribution in [0.5, 0.6) is 0 Å². The Labute approximate surface area is 192 Å². The van der Waals surface area contributed by atoms with Gasteiger partial charge in [0.25, 0.3) is 5.78 Å². The van der Waals surface area contributed by atoms with Crippen molar-refractivity contribution in [3.63, 3.8) is 0 Å². The smallest absolute Gasteiger partial charge is 0.372 e. The van der Waals surface area contributed by atoms with Crippen molar-refractivity contribution >= 4 is 11.5 Å². The highest BCUT2D eigenvalue weighted by Gasteiger charge is 2.39. The van der Waals surface area contributed by atoms with Gasteiger partial charge in [0.2, 0.25) is 0 Å². The first-order valence-electron chi connectivity index (χ1n) is 11.4. The summed E-state index contributed by atoms with van der Waals surface area (Å²) < 4.78 is 38.2. The molecule has 5 heteroatoms. The van der Waals surface area contributed by atoms with Crippen LogP contribution < -0.4 is 4.90 Å². The summed E-state index contributed by atoms with van der Waals surface area (Å²) in [6.45, 7) is 6.66. The van der Waals surface area contributed by atoms with Crippen LogP contribution in [0.3, 0.4) is 0 Å². The molecule has 3 aromatic carbocycles. The number of rotatable bonds is 3. The molecule has 0 amide bonds. The summed E-state index contributed by atoms with van der Waals surface area (Å²) in [7, 11) is 0. The van der Waals surface area contributed by atoms with E-state index in [0.717, 1.165) is 24.2 Å². The predicted molar refractivity (Wildman–Crippen MR) is 126 cm³/mol. The maximum atomic E-state index is 12.7. The minimum Gasteiger partial charge on any atom is -0.372 e. The molecule has 0 saturated carbocycles. The molecule has 0 bridgehead atoms. The molecule has 1 fully saturated rings. The van der Waals surface area contributed by atoms with Gasteiger partial charge >= 0.3 is 6.18 Å². The van der Waals surface area contributed by atoms with Crippen LogP contribution in [0.25, 0.3) is 22.3 Å². The molecule has 1 aliphatic carbocycles. The van der Waals surface area contributed by atoms with Crippen LogP contribution in [0.15, 0.2) is 60.7 Å². The van der Waals surface area contributed by atoms with Crippen LogP contribution in [0.1, 0.15) is 54.6 Å². The van der Waals surface area contributed by atoms with Gasteiger partial charge in [0.1, 0.15) is 0 Å². The fourth-order valence-electron chi connectivity index (χ4n) is 5.23. The number of fused-ring (bicyclic) bond motifs is 3. The van der Waals surface area contributed by atoms with Crippen LogP contribution in [-0.2, 0) is 5.41 Å². The highest BCUT2D eigenvalue weighted by Crippen LogP contribution is 2.50. The molecule has 1 aliphatic heterocycles. The Morgan fingerprint density at radius 1 is 0.788 bits per heavy atom. The fourth-order valence-corrected chi connectivity index (χ4v) is 5.23. The van der Waals surface area contributed by atoms with Crippen LogP contribution in [-0.4, -0.2) is 25.0 Å². The Kier molecular flexibility index (Phi) is 5.11. The van der Waals surface area contributed by atoms with E-state index >= 15 is 0 Å². The van der Waals surface area contributed by atoms with Crippen molar-refractivity contribution in [2.45, 2.75) is 44.7 Å². The monoisotopic (exact) mass is 449 g/mol. The van der Waals surface area contributed by atoms with Crippen molar-refractivity contribution in [3.05, 3.63) is 77.4 Å². The zero-order chi connectivity index (χ0) is 23.4. The summed E-state index contributed by atoms with van der Waals surface area (Å²) in [5.74, 6) is -1.82. The third kappa shape index (κ3) is 3.73. The van der Waals surface area contributed by atoms with Crippen molar-refractivity contribution in [2.75, 3.05) is 18.0 Å². The number of halogens is 3. The second-order valence-corrected chi connectivity index (χ2v) is 9.57. The second-order valence-electron chi connectivity index (χ2n) is 9.57. The van der Waals surface area contributed by atoms with Gasteiger partial charge in [-0.2, -0.15) is 13.2 Å². The molecule has 170 valence electrons. The zero-order valence-electron chi connectivity index (χ0n) is 18.8. The van der Waals surface area contributed by atoms with E-state index in [-0.39, 0.29) is 11.0 Å². The third-order valence-electron chi connectivity index (χ3n) is 7.12. The minimum absolute atomic E-state index is 0.182. The lowest BCUT2D eigenvalue weighted by molar-refractivity contribution is -0.0885. The van der Waals surface area contributed by atoms with E-state index in [9.17, 15) is 18.0 Å². The van der Waals surface area contributed by atoms with Crippen molar-refractivity contribution in [3.8, 4) is 22.3 Å². The lowest BCUT2D eigenvalue weighted by Crippen LogP contribution is -2.29. The Hall–Kier alpha value is -3.08. The average molecular weight is 450 g/mol. The molecule has 0 spiro atoms. The number of ketones is 1. The first-order chi connectivity index (χ1) is 15.7. The number of carbonyl (C=O) groups is 1. The molecule has 0 aromatic heterocycles. The van der Waals surface area contributed by atoms with Crippen LogP contribution >= 0.6 is 0 Å². The van der Waals surface area contributed by atoms with E-state index in [2.05, 4.69) is 49.1 Å². The number of alkyl halides is 3. The summed E-state index contributed by atoms with van der Waals surface area (Å²) in [5.41, 5.74) is 7.43. The Morgan fingerprint density at radius 3 is 2.00 bits per heavy atom. The Morgan fingerprint density at radius 2 is 1.36 bits per heavy atom. The number of nitrogens with zero attached hydrogens (tertiary/aromatic N) is 1. The first-order valence-corrected chi connectivity index (χ1v) is 11.4. The molecule has 1 heterocycles. The number of piperidine rings is 1. The standard InChI is InChI=1S/C28H26F3NO/c1-27(2)24-16-20(18-6-8-19(9-7-18)26(33)28(29,30)31)10-12-22(24)23-13-11-21(17-25(23)27)32-14-4-3-5-15-32/h6-13,16-17H,3-5,14-15H2,1-2H3. The molecule has 0 N–H and O–H groups in total. The second kappa shape index (κ2) is 7.75. The van der Waals surface area contributed by atoms with Crippen molar-refractivity contribution in [1.29, 1.82) is 0 Å². The lowest BCUT2D eigenvalue weighted by Gasteiger charge is -2.30. The topological polar surface area (TPSA) is 20.3 Å². The van der Waals surface area contributed by atoms with Gasteiger partial charge in [0.15, 0.2) is 0 Å². The Bertz CT molecular complexity index is 1220. The highest BCUT2D eigenvalue weighted by molar-refractivity contribution is 6.00. The number of Topliss-reactive ketones (excluding diaryl/α,β-unsaturated/α-hetero) is 1. The molecule has 0 unspecified atom stereocenters. The van der Waals surface area contributed by atoms with Crippen molar-refractivity contribution in [1.82, 2.24) is 0 Å². The Balaban J connectivity index is 1.48. The summed E-state index contributed by atoms with van der Waals surface area (Å²) >= 11 is 0. The summed E-state index contributed by atoms with van der Waals surface area (Å²) in [4.78, 5) is 14.0. The molecule has 2 aliphatic rings. The molecular formula is C28H26F3NO. The van der Waals surface area contributed by atoms with E-state index < -0.39 is 12.0 Å². The van der Waals surface area contributed by atoms with Gasteiger partial charge in [-0.05, 0) is 70.8 Å². The van der Waals surface area contributed by atoms with Gasteiger partial charge < -0.3 is 4.90 Å². The number of anilines is 1. The quantitative estimate of drug-likeness (QED) is 0.389. The van der Waals surface area contributed by atoms with Gasteiger partial charge in [-0.1, -0.05) is 56.3 Å². The number of carbonyl (C=O) groups excluding carboxylic acids is 1. The molecule has 5 rings (SSSR count). The molecule has 2 nitrogen and oxygen atoms in total. The van der Waals surface area contributed by atoms with Gasteiger partial charge in [-0.25, -0.2) is 0 Å². The van der Waals surface area contributed by atoms with Gasteiger partial charge in [-0.15, -0.1) is 0 Å². The number of hydrogen-bond acceptors (Lipinski definition) is 2. The SMILES string of the molecule is CC1(C)c2cc(-c3ccc(C(=O)C(F)(F)F)cc3)ccc2-c2ccc(N3CCCCC3)cc21. The van der Waals surface area contributed by atoms with Gasteiger partial charge in [0, 0.05) is 29.8 Å². The molecular weight excluding hydrogens is 423 g/mol. The fraction of sp³-hybridized carbons (Fsp3) is 0.321. The van der Waals surface area contributed by atoms with Crippen molar-refractivity contribution < 1.29 is 18.0 Å². The minimum atomic E-state index is -4.86. The summed E-state index contributed by atoms with van der Waals surface area (Å²) in [6.07, 6.45) is -1.10. The average Bonchev–Trinajstić information content (AvgIpc) is 3.04. The molecule has 0 radical (unpaired) electrons. The van der Waals surface area contributed by atoms with Crippen LogP contribution in [0.4, 0.5) is 18.9 Å². The first kappa shape index (κ1) is 21.7. The van der Waals surface area contributed by atoms with Crippen LogP contribution in [0, 0.1) is 0 Å². The van der Waals surface area contributed by atoms with Crippen LogP contribution in [0.2, 0.25) is 0 Å². The largest absolute Gasteiger partial charge is 0.454 e. The number of benzene rings is 3. The summed E-state index contributed by atoms with van der Waals surface area (Å²) in [6, 6.07) is 18.7. The lowest BCUT2D eigenvalue weighted by atomic mass is 9.81. The normalized spacial score (nSPS) is 16.9. The maximum Gasteiger partial charge on any atom is 0.454 e.